The Labute approximate surface area is 117 Å². The zero-order valence-corrected chi connectivity index (χ0v) is 11.6. The number of carbonyl (C=O) groups is 1. The maximum atomic E-state index is 10.5. The van der Waals surface area contributed by atoms with Gasteiger partial charge >= 0.3 is 5.97 Å². The topological polar surface area (TPSA) is 46.5 Å². The number of aliphatic carboxylic acids is 1. The van der Waals surface area contributed by atoms with Gasteiger partial charge in [-0.1, -0.05) is 24.3 Å². The van der Waals surface area contributed by atoms with E-state index in [0.29, 0.717) is 5.25 Å². The van der Waals surface area contributed by atoms with Gasteiger partial charge in [0.2, 0.25) is 0 Å². The predicted octanol–water partition coefficient (Wildman–Crippen LogP) is 3.20. The van der Waals surface area contributed by atoms with Gasteiger partial charge in [0.25, 0.3) is 0 Å². The van der Waals surface area contributed by atoms with Crippen molar-refractivity contribution < 1.29 is 14.6 Å². The van der Waals surface area contributed by atoms with Gasteiger partial charge in [0.05, 0.1) is 0 Å². The monoisotopic (exact) mass is 278 g/mol. The maximum Gasteiger partial charge on any atom is 0.328 e. The van der Waals surface area contributed by atoms with E-state index in [9.17, 15) is 4.79 Å². The second-order valence-electron chi connectivity index (χ2n) is 4.54. The summed E-state index contributed by atoms with van der Waals surface area (Å²) in [5, 5.41) is 9.30. The second-order valence-corrected chi connectivity index (χ2v) is 5.83. The van der Waals surface area contributed by atoms with E-state index in [0.717, 1.165) is 37.4 Å². The van der Waals surface area contributed by atoms with Crippen molar-refractivity contribution in [2.24, 2.45) is 0 Å². The molecule has 3 nitrogen and oxygen atoms in total. The summed E-state index contributed by atoms with van der Waals surface area (Å²) in [4.78, 5) is 10.5. The number of thioether (sulfide) groups is 1. The number of carboxylic acids is 1. The van der Waals surface area contributed by atoms with E-state index in [1.54, 1.807) is 6.08 Å². The quantitative estimate of drug-likeness (QED) is 0.840. The molecule has 102 valence electrons. The van der Waals surface area contributed by atoms with Crippen molar-refractivity contribution >= 4 is 23.8 Å². The molecule has 1 aliphatic rings. The molecule has 0 aromatic heterocycles. The van der Waals surface area contributed by atoms with Crippen LogP contribution in [-0.4, -0.2) is 29.5 Å². The van der Waals surface area contributed by atoms with Crippen LogP contribution in [0.5, 0.6) is 0 Å². The van der Waals surface area contributed by atoms with Gasteiger partial charge in [-0.25, -0.2) is 4.79 Å². The van der Waals surface area contributed by atoms with Gasteiger partial charge in [-0.3, -0.25) is 0 Å². The Hall–Kier alpha value is -1.26. The molecule has 0 atom stereocenters. The van der Waals surface area contributed by atoms with Crippen LogP contribution in [0.15, 0.2) is 30.3 Å². The number of rotatable bonds is 5. The van der Waals surface area contributed by atoms with E-state index >= 15 is 0 Å². The molecular formula is C15H18O3S. The lowest BCUT2D eigenvalue weighted by Crippen LogP contribution is -2.17. The molecule has 0 radical (unpaired) electrons. The standard InChI is InChI=1S/C15H18O3S/c16-15(17)5-4-12-2-1-3-13(10-12)11-19-14-6-8-18-9-7-14/h1-5,10,14H,6-9,11H2,(H,16,17). The molecule has 1 heterocycles. The normalized spacial score (nSPS) is 16.8. The van der Waals surface area contributed by atoms with Crippen LogP contribution in [0.3, 0.4) is 0 Å². The van der Waals surface area contributed by atoms with Crippen molar-refractivity contribution in [1.29, 1.82) is 0 Å². The Kier molecular flexibility index (Phi) is 5.48. The van der Waals surface area contributed by atoms with Crippen LogP contribution in [0.2, 0.25) is 0 Å². The van der Waals surface area contributed by atoms with Crippen LogP contribution in [0.25, 0.3) is 6.08 Å². The largest absolute Gasteiger partial charge is 0.478 e. The molecule has 2 rings (SSSR count). The fourth-order valence-electron chi connectivity index (χ4n) is 2.01. The molecule has 1 aromatic rings. The molecule has 0 unspecified atom stereocenters. The fourth-order valence-corrected chi connectivity index (χ4v) is 3.14. The van der Waals surface area contributed by atoms with Gasteiger partial charge in [0, 0.05) is 30.3 Å². The summed E-state index contributed by atoms with van der Waals surface area (Å²) in [7, 11) is 0. The molecule has 0 amide bonds. The summed E-state index contributed by atoms with van der Waals surface area (Å²) >= 11 is 1.96. The predicted molar refractivity (Wildman–Crippen MR) is 78.2 cm³/mol. The molecule has 1 N–H and O–H groups in total. The highest BCUT2D eigenvalue weighted by Crippen LogP contribution is 2.25. The first-order valence-corrected chi connectivity index (χ1v) is 7.48. The minimum absolute atomic E-state index is 0.687. The number of ether oxygens (including phenoxy) is 1. The zero-order chi connectivity index (χ0) is 13.5. The Morgan fingerprint density at radius 1 is 1.42 bits per heavy atom. The third-order valence-electron chi connectivity index (χ3n) is 3.02. The molecule has 0 bridgehead atoms. The summed E-state index contributed by atoms with van der Waals surface area (Å²) in [6.07, 6.45) is 5.06. The van der Waals surface area contributed by atoms with E-state index < -0.39 is 5.97 Å². The van der Waals surface area contributed by atoms with Crippen LogP contribution in [-0.2, 0) is 15.3 Å². The summed E-state index contributed by atoms with van der Waals surface area (Å²) in [6, 6.07) is 8.03. The first-order chi connectivity index (χ1) is 9.24. The lowest BCUT2D eigenvalue weighted by atomic mass is 10.1. The first kappa shape index (κ1) is 14.2. The molecule has 1 saturated heterocycles. The Bertz CT molecular complexity index is 450. The van der Waals surface area contributed by atoms with Crippen molar-refractivity contribution in [3.05, 3.63) is 41.5 Å². The van der Waals surface area contributed by atoms with Crippen molar-refractivity contribution in [3.8, 4) is 0 Å². The van der Waals surface area contributed by atoms with Crippen molar-refractivity contribution in [2.75, 3.05) is 13.2 Å². The molecule has 1 fully saturated rings. The number of benzene rings is 1. The van der Waals surface area contributed by atoms with Crippen LogP contribution in [0.4, 0.5) is 0 Å². The Balaban J connectivity index is 1.89. The van der Waals surface area contributed by atoms with E-state index in [2.05, 4.69) is 6.07 Å². The minimum atomic E-state index is -0.915. The molecule has 0 aliphatic carbocycles. The van der Waals surface area contributed by atoms with Gasteiger partial charge in [0.1, 0.15) is 0 Å². The second kappa shape index (κ2) is 7.36. The lowest BCUT2D eigenvalue weighted by Gasteiger charge is -2.21. The number of hydrogen-bond acceptors (Lipinski definition) is 3. The molecule has 19 heavy (non-hydrogen) atoms. The minimum Gasteiger partial charge on any atom is -0.478 e. The summed E-state index contributed by atoms with van der Waals surface area (Å²) in [5.41, 5.74) is 2.18. The maximum absolute atomic E-state index is 10.5. The zero-order valence-electron chi connectivity index (χ0n) is 10.7. The molecule has 0 spiro atoms. The lowest BCUT2D eigenvalue weighted by molar-refractivity contribution is -0.131. The smallest absolute Gasteiger partial charge is 0.328 e. The molecule has 0 saturated carbocycles. The average molecular weight is 278 g/mol. The highest BCUT2D eigenvalue weighted by Gasteiger charge is 2.13. The average Bonchev–Trinajstić information content (AvgIpc) is 2.44. The first-order valence-electron chi connectivity index (χ1n) is 6.43. The Morgan fingerprint density at radius 2 is 2.21 bits per heavy atom. The summed E-state index contributed by atoms with van der Waals surface area (Å²) in [5.74, 6) is 0.0568. The summed E-state index contributed by atoms with van der Waals surface area (Å²) in [6.45, 7) is 1.75. The third kappa shape index (κ3) is 5.09. The van der Waals surface area contributed by atoms with Crippen LogP contribution in [0, 0.1) is 0 Å². The van der Waals surface area contributed by atoms with Gasteiger partial charge in [-0.2, -0.15) is 11.8 Å². The van der Waals surface area contributed by atoms with Gasteiger partial charge in [-0.05, 0) is 30.0 Å². The van der Waals surface area contributed by atoms with Crippen LogP contribution >= 0.6 is 11.8 Å². The van der Waals surface area contributed by atoms with Crippen molar-refractivity contribution in [2.45, 2.75) is 23.8 Å². The molecule has 4 heteroatoms. The van der Waals surface area contributed by atoms with Gasteiger partial charge in [0.15, 0.2) is 0 Å². The molecule has 1 aromatic carbocycles. The van der Waals surface area contributed by atoms with E-state index in [-0.39, 0.29) is 0 Å². The number of hydrogen-bond donors (Lipinski definition) is 1. The SMILES string of the molecule is O=C(O)C=Cc1cccc(CSC2CCOCC2)c1. The third-order valence-corrected chi connectivity index (χ3v) is 4.47. The highest BCUT2D eigenvalue weighted by molar-refractivity contribution is 7.99. The van der Waals surface area contributed by atoms with E-state index in [1.807, 2.05) is 30.0 Å². The number of carboxylic acid groups (broad SMARTS) is 1. The fraction of sp³-hybridized carbons (Fsp3) is 0.400. The molecule has 1 aliphatic heterocycles. The van der Waals surface area contributed by atoms with Crippen molar-refractivity contribution in [3.63, 3.8) is 0 Å². The van der Waals surface area contributed by atoms with Gasteiger partial charge < -0.3 is 9.84 Å². The summed E-state index contributed by atoms with van der Waals surface area (Å²) < 4.78 is 5.35. The van der Waals surface area contributed by atoms with Crippen molar-refractivity contribution in [1.82, 2.24) is 0 Å². The van der Waals surface area contributed by atoms with E-state index in [1.165, 1.54) is 11.6 Å². The highest BCUT2D eigenvalue weighted by atomic mass is 32.2. The molecular weight excluding hydrogens is 260 g/mol. The van der Waals surface area contributed by atoms with E-state index in [4.69, 9.17) is 9.84 Å². The van der Waals surface area contributed by atoms with Crippen LogP contribution < -0.4 is 0 Å². The van der Waals surface area contributed by atoms with Crippen LogP contribution in [0.1, 0.15) is 24.0 Å². The van der Waals surface area contributed by atoms with Gasteiger partial charge in [-0.15, -0.1) is 0 Å². The Morgan fingerprint density at radius 3 is 2.95 bits per heavy atom.